The van der Waals surface area contributed by atoms with Gasteiger partial charge in [0.1, 0.15) is 28.6 Å². The number of rotatable bonds is 5. The quantitative estimate of drug-likeness (QED) is 0.342. The van der Waals surface area contributed by atoms with Crippen LogP contribution in [0.2, 0.25) is 0 Å². The normalized spacial score (nSPS) is 30.9. The third-order valence-electron chi connectivity index (χ3n) is 9.03. The van der Waals surface area contributed by atoms with E-state index in [4.69, 9.17) is 10.5 Å². The van der Waals surface area contributed by atoms with Crippen LogP contribution in [0.4, 0.5) is 0 Å². The number of amides is 1. The van der Waals surface area contributed by atoms with Gasteiger partial charge in [0, 0.05) is 28.7 Å². The van der Waals surface area contributed by atoms with Crippen molar-refractivity contribution >= 4 is 17.5 Å². The summed E-state index contributed by atoms with van der Waals surface area (Å²) < 4.78 is 5.84. The molecule has 0 bridgehead atoms. The van der Waals surface area contributed by atoms with Gasteiger partial charge < -0.3 is 30.9 Å². The topological polar surface area (TPSA) is 174 Å². The second-order valence-corrected chi connectivity index (χ2v) is 11.1. The maximum Gasteiger partial charge on any atom is 0.255 e. The van der Waals surface area contributed by atoms with Crippen LogP contribution in [-0.2, 0) is 16.0 Å². The summed E-state index contributed by atoms with van der Waals surface area (Å²) in [6, 6.07) is 0.516. The highest BCUT2D eigenvalue weighted by Gasteiger charge is 2.63. The number of nitrogens with zero attached hydrogens (tertiary/aromatic N) is 2. The molecular weight excluding hydrogens is 506 g/mol. The Labute approximate surface area is 226 Å². The Morgan fingerprint density at radius 2 is 1.95 bits per heavy atom. The average molecular weight is 542 g/mol. The van der Waals surface area contributed by atoms with Gasteiger partial charge in [-0.05, 0) is 64.9 Å². The molecule has 1 amide bonds. The van der Waals surface area contributed by atoms with Gasteiger partial charge in [-0.2, -0.15) is 0 Å². The van der Waals surface area contributed by atoms with Crippen molar-refractivity contribution in [3.63, 3.8) is 0 Å². The molecule has 39 heavy (non-hydrogen) atoms. The highest BCUT2D eigenvalue weighted by molar-refractivity contribution is 6.24. The van der Waals surface area contributed by atoms with Crippen molar-refractivity contribution < 1.29 is 39.5 Å². The van der Waals surface area contributed by atoms with Gasteiger partial charge in [0.15, 0.2) is 11.4 Å². The number of ether oxygens (including phenoxy) is 1. The van der Waals surface area contributed by atoms with E-state index < -0.39 is 58.0 Å². The summed E-state index contributed by atoms with van der Waals surface area (Å²) >= 11 is 0. The van der Waals surface area contributed by atoms with Crippen molar-refractivity contribution in [2.75, 3.05) is 34.3 Å². The van der Waals surface area contributed by atoms with Gasteiger partial charge in [-0.25, -0.2) is 0 Å². The lowest BCUT2D eigenvalue weighted by atomic mass is 9.58. The predicted octanol–water partition coefficient (Wildman–Crippen LogP) is 1.29. The number of aliphatic hydroxyl groups excluding tert-OH is 2. The molecule has 0 spiro atoms. The van der Waals surface area contributed by atoms with Gasteiger partial charge in [0.05, 0.1) is 18.7 Å². The summed E-state index contributed by atoms with van der Waals surface area (Å²) in [5.41, 5.74) is 2.96. The summed E-state index contributed by atoms with van der Waals surface area (Å²) in [7, 11) is 4.72. The van der Waals surface area contributed by atoms with Gasteiger partial charge in [-0.15, -0.1) is 0 Å². The van der Waals surface area contributed by atoms with Gasteiger partial charge in [0.2, 0.25) is 5.78 Å². The first kappa shape index (κ1) is 27.2. The van der Waals surface area contributed by atoms with Crippen LogP contribution in [0, 0.1) is 11.8 Å². The zero-order valence-electron chi connectivity index (χ0n) is 22.5. The van der Waals surface area contributed by atoms with E-state index >= 15 is 0 Å². The summed E-state index contributed by atoms with van der Waals surface area (Å²) in [6.07, 6.45) is 2.09. The third kappa shape index (κ3) is 3.63. The number of hydrogen-bond acceptors (Lipinski definition) is 10. The summed E-state index contributed by atoms with van der Waals surface area (Å²) in [5.74, 6) is -6.18. The van der Waals surface area contributed by atoms with Gasteiger partial charge >= 0.3 is 0 Å². The largest absolute Gasteiger partial charge is 0.510 e. The number of carbonyl (C=O) groups is 3. The van der Waals surface area contributed by atoms with Crippen molar-refractivity contribution in [3.8, 4) is 11.5 Å². The summed E-state index contributed by atoms with van der Waals surface area (Å²) in [6.45, 7) is 3.79. The average Bonchev–Trinajstić information content (AvgIpc) is 3.34. The lowest BCUT2D eigenvalue weighted by Crippen LogP contribution is -2.63. The monoisotopic (exact) mass is 541 g/mol. The molecule has 0 aromatic heterocycles. The van der Waals surface area contributed by atoms with Crippen LogP contribution in [0.3, 0.4) is 0 Å². The van der Waals surface area contributed by atoms with E-state index in [-0.39, 0.29) is 35.8 Å². The number of methoxy groups -OCH3 is 1. The second-order valence-electron chi connectivity index (χ2n) is 11.1. The number of Topliss-reactive ketones (excluding diaryl/α,β-unsaturated/α-hetero) is 2. The predicted molar refractivity (Wildman–Crippen MR) is 139 cm³/mol. The lowest BCUT2D eigenvalue weighted by Gasteiger charge is -2.50. The number of hydrogen-bond donors (Lipinski definition) is 5. The molecule has 4 aliphatic rings. The molecule has 1 aromatic carbocycles. The molecule has 1 heterocycles. The van der Waals surface area contributed by atoms with Crippen LogP contribution in [0.15, 0.2) is 28.7 Å². The third-order valence-corrected chi connectivity index (χ3v) is 9.03. The molecule has 5 atom stereocenters. The molecule has 5 rings (SSSR count). The van der Waals surface area contributed by atoms with Gasteiger partial charge in [0.25, 0.3) is 5.91 Å². The Bertz CT molecular complexity index is 1350. The molecule has 11 heteroatoms. The molecule has 0 unspecified atom stereocenters. The molecule has 1 aromatic rings. The summed E-state index contributed by atoms with van der Waals surface area (Å²) in [5, 5.41) is 45.1. The van der Waals surface area contributed by atoms with Crippen molar-refractivity contribution in [2.24, 2.45) is 17.6 Å². The highest BCUT2D eigenvalue weighted by Crippen LogP contribution is 2.54. The van der Waals surface area contributed by atoms with Crippen LogP contribution >= 0.6 is 0 Å². The number of allylic oxidation sites excluding steroid dienone is 1. The number of benzene rings is 1. The number of likely N-dealkylation sites (N-methyl/N-ethyl adjacent to an activating group) is 1. The molecule has 0 radical (unpaired) electrons. The molecule has 6 N–H and O–H groups in total. The molecule has 1 fully saturated rings. The van der Waals surface area contributed by atoms with E-state index in [0.29, 0.717) is 11.3 Å². The Morgan fingerprint density at radius 1 is 1.26 bits per heavy atom. The number of primary amides is 1. The first-order chi connectivity index (χ1) is 18.4. The highest BCUT2D eigenvalue weighted by atomic mass is 16.5. The fourth-order valence-electron chi connectivity index (χ4n) is 7.37. The number of phenols is 1. The zero-order chi connectivity index (χ0) is 28.5. The number of ketones is 2. The van der Waals surface area contributed by atoms with Crippen molar-refractivity contribution in [1.82, 2.24) is 9.80 Å². The van der Waals surface area contributed by atoms with Crippen LogP contribution < -0.4 is 10.5 Å². The maximum atomic E-state index is 13.9. The standard InChI is InChI=1S/C28H35N3O8/c1-5-31-8-6-7-16(31)13-11-17(32)19-14(24(13)39-4)9-12-10-15-21(30(2)3)23(34)20(27(29)37)26(36)28(15,38)25(35)18(12)22(19)33/h11-12,15-16,21,32,34-35,38H,5-10H2,1-4H3,(H2,29,37)/t12-,15-,16-,21-,28-/m0/s1. The van der Waals surface area contributed by atoms with E-state index in [0.717, 1.165) is 31.5 Å². The van der Waals surface area contributed by atoms with Crippen LogP contribution in [-0.4, -0.2) is 93.6 Å². The Hall–Kier alpha value is -3.41. The van der Waals surface area contributed by atoms with Crippen molar-refractivity contribution in [2.45, 2.75) is 50.3 Å². The maximum absolute atomic E-state index is 13.9. The van der Waals surface area contributed by atoms with Crippen LogP contribution in [0.1, 0.15) is 53.7 Å². The fourth-order valence-corrected chi connectivity index (χ4v) is 7.37. The molecule has 0 saturated carbocycles. The molecule has 11 nitrogen and oxygen atoms in total. The smallest absolute Gasteiger partial charge is 0.255 e. The zero-order valence-corrected chi connectivity index (χ0v) is 22.5. The van der Waals surface area contributed by atoms with E-state index in [1.165, 1.54) is 18.1 Å². The van der Waals surface area contributed by atoms with Crippen LogP contribution in [0.25, 0.3) is 0 Å². The number of fused-ring (bicyclic) bond motifs is 3. The van der Waals surface area contributed by atoms with Crippen molar-refractivity contribution in [1.29, 1.82) is 0 Å². The van der Waals surface area contributed by atoms with E-state index in [1.54, 1.807) is 14.1 Å². The first-order valence-corrected chi connectivity index (χ1v) is 13.2. The van der Waals surface area contributed by atoms with E-state index in [2.05, 4.69) is 11.8 Å². The Balaban J connectivity index is 1.70. The van der Waals surface area contributed by atoms with Crippen molar-refractivity contribution in [3.05, 3.63) is 45.4 Å². The van der Waals surface area contributed by atoms with E-state index in [1.807, 2.05) is 0 Å². The minimum atomic E-state index is -2.66. The minimum absolute atomic E-state index is 0.0152. The number of aromatic hydroxyl groups is 1. The number of aliphatic hydroxyl groups is 3. The van der Waals surface area contributed by atoms with Crippen LogP contribution in [0.5, 0.6) is 11.5 Å². The number of carbonyl (C=O) groups excluding carboxylic acids is 3. The summed E-state index contributed by atoms with van der Waals surface area (Å²) in [4.78, 5) is 43.2. The fraction of sp³-hybridized carbons (Fsp3) is 0.536. The SMILES string of the molecule is CCN1CCC[C@H]1c1cc(O)c2c(c1OC)C[C@H]1C[C@H]3[C@H](N(C)C)C(O)=C(C(N)=O)C(=O)[C@@]3(O)C(O)=C1C2=O. The number of likely N-dealkylation sites (tertiary alicyclic amines) is 1. The lowest BCUT2D eigenvalue weighted by molar-refractivity contribution is -0.148. The Morgan fingerprint density at radius 3 is 2.54 bits per heavy atom. The minimum Gasteiger partial charge on any atom is -0.510 e. The second kappa shape index (κ2) is 9.35. The molecule has 1 saturated heterocycles. The molecule has 210 valence electrons. The molecule has 3 aliphatic carbocycles. The Kier molecular flexibility index (Phi) is 6.52. The van der Waals surface area contributed by atoms with Gasteiger partial charge in [-0.3, -0.25) is 24.2 Å². The number of phenolic OH excluding ortho intramolecular Hbond substituents is 1. The molecular formula is C28H35N3O8. The molecule has 1 aliphatic heterocycles. The first-order valence-electron chi connectivity index (χ1n) is 13.2. The number of nitrogens with two attached hydrogens (primary N) is 1. The van der Waals surface area contributed by atoms with Gasteiger partial charge in [-0.1, -0.05) is 6.92 Å². The van der Waals surface area contributed by atoms with E-state index in [9.17, 15) is 34.8 Å².